The van der Waals surface area contributed by atoms with E-state index in [-0.39, 0.29) is 11.5 Å². The molecule has 1 aromatic heterocycles. The third kappa shape index (κ3) is 5.75. The molecule has 0 bridgehead atoms. The van der Waals surface area contributed by atoms with Crippen molar-refractivity contribution < 1.29 is 28.2 Å². The smallest absolute Gasteiger partial charge is 0.331 e. The van der Waals surface area contributed by atoms with Gasteiger partial charge in [-0.2, -0.15) is 0 Å². The molecular formula is C23H18FNO5. The predicted octanol–water partition coefficient (Wildman–Crippen LogP) is 4.46. The minimum absolute atomic E-state index is 0.0350. The van der Waals surface area contributed by atoms with Crippen molar-refractivity contribution in [1.82, 2.24) is 4.98 Å². The molecule has 3 aromatic rings. The quantitative estimate of drug-likeness (QED) is 0.312. The summed E-state index contributed by atoms with van der Waals surface area (Å²) in [6, 6.07) is 14.0. The lowest BCUT2D eigenvalue weighted by atomic mass is 10.1. The zero-order valence-corrected chi connectivity index (χ0v) is 16.1. The van der Waals surface area contributed by atoms with Gasteiger partial charge in [-0.25, -0.2) is 9.18 Å². The number of halogens is 1. The van der Waals surface area contributed by atoms with Crippen molar-refractivity contribution in [3.63, 3.8) is 0 Å². The molecule has 30 heavy (non-hydrogen) atoms. The normalized spacial score (nSPS) is 10.6. The van der Waals surface area contributed by atoms with Crippen molar-refractivity contribution in [3.8, 4) is 17.2 Å². The van der Waals surface area contributed by atoms with Gasteiger partial charge in [0.25, 0.3) is 0 Å². The van der Waals surface area contributed by atoms with E-state index in [2.05, 4.69) is 4.98 Å². The van der Waals surface area contributed by atoms with Gasteiger partial charge in [-0.05, 0) is 60.2 Å². The Kier molecular flexibility index (Phi) is 6.89. The number of ketones is 1. The zero-order valence-electron chi connectivity index (χ0n) is 16.1. The summed E-state index contributed by atoms with van der Waals surface area (Å²) in [6.07, 6.45) is 5.56. The third-order valence-electron chi connectivity index (χ3n) is 3.99. The SMILES string of the molecule is COc1ccc(C(=O)COC(=O)/C=C/c2ccc(Oc3cccnc3)c(F)c2)cc1. The minimum Gasteiger partial charge on any atom is -0.497 e. The molecule has 0 aliphatic carbocycles. The van der Waals surface area contributed by atoms with Crippen LogP contribution in [0, 0.1) is 5.82 Å². The fraction of sp³-hybridized carbons (Fsp3) is 0.0870. The number of nitrogens with zero attached hydrogens (tertiary/aromatic N) is 1. The average Bonchev–Trinajstić information content (AvgIpc) is 2.78. The van der Waals surface area contributed by atoms with E-state index in [9.17, 15) is 14.0 Å². The number of rotatable bonds is 8. The lowest BCUT2D eigenvalue weighted by Gasteiger charge is -2.06. The van der Waals surface area contributed by atoms with E-state index in [1.54, 1.807) is 48.7 Å². The first kappa shape index (κ1) is 20.7. The van der Waals surface area contributed by atoms with Crippen molar-refractivity contribution in [2.24, 2.45) is 0 Å². The standard InChI is InChI=1S/C23H18FNO5/c1-28-18-8-6-17(7-9-18)21(26)15-29-23(27)11-5-16-4-10-22(20(24)13-16)30-19-3-2-12-25-14-19/h2-14H,15H2,1H3/b11-5+. The highest BCUT2D eigenvalue weighted by atomic mass is 19.1. The maximum Gasteiger partial charge on any atom is 0.331 e. The Bertz CT molecular complexity index is 1050. The molecule has 7 heteroatoms. The first-order chi connectivity index (χ1) is 14.5. The Hall–Kier alpha value is -4.00. The van der Waals surface area contributed by atoms with Crippen LogP contribution >= 0.6 is 0 Å². The molecule has 0 atom stereocenters. The molecule has 0 saturated heterocycles. The average molecular weight is 407 g/mol. The number of pyridine rings is 1. The number of methoxy groups -OCH3 is 1. The molecule has 2 aromatic carbocycles. The number of hydrogen-bond acceptors (Lipinski definition) is 6. The highest BCUT2D eigenvalue weighted by molar-refractivity contribution is 5.99. The third-order valence-corrected chi connectivity index (χ3v) is 3.99. The summed E-state index contributed by atoms with van der Waals surface area (Å²) in [5.74, 6) is -0.590. The first-order valence-corrected chi connectivity index (χ1v) is 8.94. The molecule has 0 fully saturated rings. The Morgan fingerprint density at radius 1 is 1.07 bits per heavy atom. The second-order valence-electron chi connectivity index (χ2n) is 6.07. The lowest BCUT2D eigenvalue weighted by molar-refractivity contribution is -0.136. The number of Topliss-reactive ketones (excluding diaryl/α,β-unsaturated/α-hetero) is 1. The number of benzene rings is 2. The molecule has 0 unspecified atom stereocenters. The summed E-state index contributed by atoms with van der Waals surface area (Å²) in [5, 5.41) is 0. The maximum atomic E-state index is 14.2. The molecule has 6 nitrogen and oxygen atoms in total. The van der Waals surface area contributed by atoms with Crippen LogP contribution in [0.15, 0.2) is 73.1 Å². The van der Waals surface area contributed by atoms with Crippen molar-refractivity contribution in [2.45, 2.75) is 0 Å². The van der Waals surface area contributed by atoms with Gasteiger partial charge in [-0.3, -0.25) is 9.78 Å². The molecule has 0 spiro atoms. The van der Waals surface area contributed by atoms with E-state index in [0.717, 1.165) is 6.08 Å². The van der Waals surface area contributed by atoms with Crippen LogP contribution in [0.4, 0.5) is 4.39 Å². The molecule has 0 saturated carbocycles. The topological polar surface area (TPSA) is 74.7 Å². The van der Waals surface area contributed by atoms with Gasteiger partial charge in [0.05, 0.1) is 13.3 Å². The van der Waals surface area contributed by atoms with Gasteiger partial charge in [-0.15, -0.1) is 0 Å². The zero-order chi connectivity index (χ0) is 21.3. The number of hydrogen-bond donors (Lipinski definition) is 0. The van der Waals surface area contributed by atoms with Crippen LogP contribution in [0.5, 0.6) is 17.2 Å². The molecule has 0 aliphatic heterocycles. The van der Waals surface area contributed by atoms with Crippen molar-refractivity contribution >= 4 is 17.8 Å². The molecule has 0 amide bonds. The fourth-order valence-corrected chi connectivity index (χ4v) is 2.45. The van der Waals surface area contributed by atoms with Crippen LogP contribution in [0.25, 0.3) is 6.08 Å². The van der Waals surface area contributed by atoms with Crippen LogP contribution in [0.1, 0.15) is 15.9 Å². The number of carbonyl (C=O) groups is 2. The number of ether oxygens (including phenoxy) is 3. The van der Waals surface area contributed by atoms with E-state index >= 15 is 0 Å². The maximum absolute atomic E-state index is 14.2. The van der Waals surface area contributed by atoms with E-state index in [4.69, 9.17) is 14.2 Å². The van der Waals surface area contributed by atoms with E-state index in [1.807, 2.05) is 0 Å². The Morgan fingerprint density at radius 2 is 1.87 bits per heavy atom. The lowest BCUT2D eigenvalue weighted by Crippen LogP contribution is -2.12. The van der Waals surface area contributed by atoms with Gasteiger partial charge < -0.3 is 14.2 Å². The van der Waals surface area contributed by atoms with Crippen molar-refractivity contribution in [1.29, 1.82) is 0 Å². The fourth-order valence-electron chi connectivity index (χ4n) is 2.45. The van der Waals surface area contributed by atoms with E-state index < -0.39 is 18.4 Å². The summed E-state index contributed by atoms with van der Waals surface area (Å²) < 4.78 is 29.6. The van der Waals surface area contributed by atoms with Crippen molar-refractivity contribution in [3.05, 3.63) is 90.0 Å². The highest BCUT2D eigenvalue weighted by Crippen LogP contribution is 2.24. The highest BCUT2D eigenvalue weighted by Gasteiger charge is 2.09. The Morgan fingerprint density at radius 3 is 2.53 bits per heavy atom. The van der Waals surface area contributed by atoms with Crippen LogP contribution in [0.2, 0.25) is 0 Å². The summed E-state index contributed by atoms with van der Waals surface area (Å²) in [6.45, 7) is -0.401. The van der Waals surface area contributed by atoms with Gasteiger partial charge in [-0.1, -0.05) is 6.07 Å². The molecule has 152 valence electrons. The van der Waals surface area contributed by atoms with Crippen LogP contribution in [-0.4, -0.2) is 30.5 Å². The van der Waals surface area contributed by atoms with Crippen LogP contribution in [-0.2, 0) is 9.53 Å². The summed E-state index contributed by atoms with van der Waals surface area (Å²) >= 11 is 0. The summed E-state index contributed by atoms with van der Waals surface area (Å²) in [7, 11) is 1.53. The van der Waals surface area contributed by atoms with E-state index in [0.29, 0.717) is 22.6 Å². The predicted molar refractivity (Wildman–Crippen MR) is 108 cm³/mol. The summed E-state index contributed by atoms with van der Waals surface area (Å²) in [5.41, 5.74) is 0.836. The van der Waals surface area contributed by atoms with Crippen LogP contribution in [0.3, 0.4) is 0 Å². The monoisotopic (exact) mass is 407 g/mol. The minimum atomic E-state index is -0.715. The molecule has 0 N–H and O–H groups in total. The number of esters is 1. The Balaban J connectivity index is 1.53. The van der Waals surface area contributed by atoms with Gasteiger partial charge in [0.15, 0.2) is 24.0 Å². The molecule has 0 aliphatic rings. The van der Waals surface area contributed by atoms with Crippen LogP contribution < -0.4 is 9.47 Å². The molecule has 3 rings (SSSR count). The molecule has 0 radical (unpaired) electrons. The van der Waals surface area contributed by atoms with Gasteiger partial charge in [0.1, 0.15) is 11.5 Å². The second-order valence-corrected chi connectivity index (χ2v) is 6.07. The number of carbonyl (C=O) groups excluding carboxylic acids is 2. The molecule has 1 heterocycles. The summed E-state index contributed by atoms with van der Waals surface area (Å²) in [4.78, 5) is 27.8. The van der Waals surface area contributed by atoms with Gasteiger partial charge in [0.2, 0.25) is 0 Å². The largest absolute Gasteiger partial charge is 0.497 e. The molecular weight excluding hydrogens is 389 g/mol. The number of aromatic nitrogens is 1. The van der Waals surface area contributed by atoms with Crippen molar-refractivity contribution in [2.75, 3.05) is 13.7 Å². The first-order valence-electron chi connectivity index (χ1n) is 8.94. The van der Waals surface area contributed by atoms with E-state index in [1.165, 1.54) is 31.5 Å². The Labute approximate surface area is 172 Å². The second kappa shape index (κ2) is 9.97. The van der Waals surface area contributed by atoms with Gasteiger partial charge >= 0.3 is 5.97 Å². The van der Waals surface area contributed by atoms with Gasteiger partial charge in [0, 0.05) is 17.8 Å².